The lowest BCUT2D eigenvalue weighted by Crippen LogP contribution is -2.32. The van der Waals surface area contributed by atoms with Crippen LogP contribution < -0.4 is 11.1 Å². The molecule has 0 bridgehead atoms. The summed E-state index contributed by atoms with van der Waals surface area (Å²) in [5.74, 6) is 0.802. The van der Waals surface area contributed by atoms with E-state index in [-0.39, 0.29) is 24.2 Å². The summed E-state index contributed by atoms with van der Waals surface area (Å²) < 4.78 is 0. The molecule has 4 nitrogen and oxygen atoms in total. The number of para-hydroxylation sites is 1. The third kappa shape index (κ3) is 3.64. The van der Waals surface area contributed by atoms with E-state index in [1.807, 2.05) is 24.3 Å². The fourth-order valence-electron chi connectivity index (χ4n) is 2.88. The minimum absolute atomic E-state index is 0. The molecule has 1 aliphatic carbocycles. The van der Waals surface area contributed by atoms with Crippen LogP contribution in [0.4, 0.5) is 5.82 Å². The molecule has 112 valence electrons. The predicted octanol–water partition coefficient (Wildman–Crippen LogP) is 3.11. The zero-order valence-corrected chi connectivity index (χ0v) is 12.6. The lowest BCUT2D eigenvalue weighted by molar-refractivity contribution is -0.122. The lowest BCUT2D eigenvalue weighted by Gasteiger charge is -2.27. The van der Waals surface area contributed by atoms with Crippen molar-refractivity contribution in [3.05, 3.63) is 36.4 Å². The van der Waals surface area contributed by atoms with Crippen molar-refractivity contribution in [3.8, 4) is 0 Å². The van der Waals surface area contributed by atoms with Gasteiger partial charge in [-0.3, -0.25) is 4.79 Å². The van der Waals surface area contributed by atoms with Gasteiger partial charge in [0, 0.05) is 17.3 Å². The number of fused-ring (bicyclic) bond motifs is 1. The second kappa shape index (κ2) is 6.76. The maximum absolute atomic E-state index is 11.2. The van der Waals surface area contributed by atoms with E-state index in [4.69, 9.17) is 5.73 Å². The fraction of sp³-hybridized carbons (Fsp3) is 0.375. The van der Waals surface area contributed by atoms with Crippen LogP contribution >= 0.6 is 12.4 Å². The molecule has 1 amide bonds. The van der Waals surface area contributed by atoms with Crippen molar-refractivity contribution in [1.82, 2.24) is 4.98 Å². The van der Waals surface area contributed by atoms with Gasteiger partial charge in [-0.25, -0.2) is 4.98 Å². The smallest absolute Gasteiger partial charge is 0.220 e. The third-order valence-electron chi connectivity index (χ3n) is 4.08. The van der Waals surface area contributed by atoms with Gasteiger partial charge in [0.25, 0.3) is 0 Å². The summed E-state index contributed by atoms with van der Waals surface area (Å²) in [6, 6.07) is 12.6. The van der Waals surface area contributed by atoms with Gasteiger partial charge in [0.15, 0.2) is 0 Å². The number of halogens is 1. The zero-order valence-electron chi connectivity index (χ0n) is 11.8. The van der Waals surface area contributed by atoms with E-state index in [0.29, 0.717) is 6.04 Å². The maximum Gasteiger partial charge on any atom is 0.220 e. The maximum atomic E-state index is 11.2. The molecule has 3 rings (SSSR count). The number of amides is 1. The summed E-state index contributed by atoms with van der Waals surface area (Å²) in [6.07, 6.45) is 3.70. The molecule has 1 aromatic heterocycles. The van der Waals surface area contributed by atoms with Gasteiger partial charge >= 0.3 is 0 Å². The van der Waals surface area contributed by atoms with Crippen LogP contribution in [0.25, 0.3) is 10.9 Å². The largest absolute Gasteiger partial charge is 0.369 e. The van der Waals surface area contributed by atoms with Gasteiger partial charge < -0.3 is 11.1 Å². The van der Waals surface area contributed by atoms with Gasteiger partial charge in [0.05, 0.1) is 5.52 Å². The quantitative estimate of drug-likeness (QED) is 0.915. The Morgan fingerprint density at radius 2 is 1.81 bits per heavy atom. The topological polar surface area (TPSA) is 68.0 Å². The molecule has 0 spiro atoms. The van der Waals surface area contributed by atoms with E-state index in [9.17, 15) is 4.79 Å². The number of hydrogen-bond acceptors (Lipinski definition) is 3. The predicted molar refractivity (Wildman–Crippen MR) is 87.6 cm³/mol. The average Bonchev–Trinajstić information content (AvgIpc) is 2.48. The van der Waals surface area contributed by atoms with Crippen molar-refractivity contribution >= 4 is 35.0 Å². The minimum atomic E-state index is -0.160. The van der Waals surface area contributed by atoms with Crippen molar-refractivity contribution < 1.29 is 4.79 Å². The number of carbonyl (C=O) groups is 1. The molecule has 0 aliphatic heterocycles. The Balaban J connectivity index is 0.00000161. The van der Waals surface area contributed by atoms with E-state index in [2.05, 4.69) is 22.4 Å². The highest BCUT2D eigenvalue weighted by atomic mass is 35.5. The molecule has 0 radical (unpaired) electrons. The normalized spacial score (nSPS) is 21.5. The number of benzene rings is 1. The zero-order chi connectivity index (χ0) is 13.9. The Morgan fingerprint density at radius 3 is 2.52 bits per heavy atom. The molecular formula is C16H20ClN3O. The highest BCUT2D eigenvalue weighted by molar-refractivity contribution is 5.85. The molecule has 3 N–H and O–H groups in total. The molecule has 1 saturated carbocycles. The number of rotatable bonds is 3. The Kier molecular flexibility index (Phi) is 5.02. The van der Waals surface area contributed by atoms with E-state index in [1.165, 1.54) is 0 Å². The first-order valence-electron chi connectivity index (χ1n) is 7.14. The van der Waals surface area contributed by atoms with E-state index in [1.54, 1.807) is 0 Å². The Morgan fingerprint density at radius 1 is 1.10 bits per heavy atom. The van der Waals surface area contributed by atoms with E-state index >= 15 is 0 Å². The van der Waals surface area contributed by atoms with Crippen molar-refractivity contribution in [2.75, 3.05) is 5.32 Å². The Bertz CT molecular complexity index is 624. The number of primary amides is 1. The van der Waals surface area contributed by atoms with Crippen molar-refractivity contribution in [2.24, 2.45) is 11.7 Å². The highest BCUT2D eigenvalue weighted by Gasteiger charge is 2.24. The SMILES string of the molecule is Cl.NC(=O)[C@H]1CC[C@@H](Nc2ccc3ccccc3n2)CC1. The van der Waals surface area contributed by atoms with Gasteiger partial charge in [-0.1, -0.05) is 18.2 Å². The minimum Gasteiger partial charge on any atom is -0.369 e. The third-order valence-corrected chi connectivity index (χ3v) is 4.08. The van der Waals surface area contributed by atoms with Crippen LogP contribution in [-0.4, -0.2) is 16.9 Å². The van der Waals surface area contributed by atoms with Crippen LogP contribution in [0, 0.1) is 5.92 Å². The summed E-state index contributed by atoms with van der Waals surface area (Å²) in [5.41, 5.74) is 6.36. The van der Waals surface area contributed by atoms with Crippen LogP contribution in [0.3, 0.4) is 0 Å². The number of nitrogens with two attached hydrogens (primary N) is 1. The highest BCUT2D eigenvalue weighted by Crippen LogP contribution is 2.26. The van der Waals surface area contributed by atoms with Gasteiger partial charge in [0.1, 0.15) is 5.82 Å². The van der Waals surface area contributed by atoms with Crippen LogP contribution in [-0.2, 0) is 4.79 Å². The molecule has 1 aromatic carbocycles. The molecule has 21 heavy (non-hydrogen) atoms. The number of nitrogens with one attached hydrogen (secondary N) is 1. The van der Waals surface area contributed by atoms with Crippen molar-refractivity contribution in [3.63, 3.8) is 0 Å². The Labute approximate surface area is 130 Å². The van der Waals surface area contributed by atoms with Gasteiger partial charge in [-0.15, -0.1) is 12.4 Å². The number of hydrogen-bond donors (Lipinski definition) is 2. The first-order valence-corrected chi connectivity index (χ1v) is 7.14. The summed E-state index contributed by atoms with van der Waals surface area (Å²) in [7, 11) is 0. The Hall–Kier alpha value is -1.81. The first kappa shape index (κ1) is 15.6. The van der Waals surface area contributed by atoms with Gasteiger partial charge in [-0.05, 0) is 43.9 Å². The molecule has 5 heteroatoms. The average molecular weight is 306 g/mol. The summed E-state index contributed by atoms with van der Waals surface area (Å²) in [4.78, 5) is 15.8. The molecule has 0 saturated heterocycles. The summed E-state index contributed by atoms with van der Waals surface area (Å²) in [6.45, 7) is 0. The van der Waals surface area contributed by atoms with Crippen LogP contribution in [0.15, 0.2) is 36.4 Å². The van der Waals surface area contributed by atoms with E-state index < -0.39 is 0 Å². The number of aromatic nitrogens is 1. The molecule has 0 unspecified atom stereocenters. The van der Waals surface area contributed by atoms with Crippen molar-refractivity contribution in [1.29, 1.82) is 0 Å². The number of carbonyl (C=O) groups excluding carboxylic acids is 1. The number of pyridine rings is 1. The summed E-state index contributed by atoms with van der Waals surface area (Å²) in [5, 5.41) is 4.62. The molecule has 1 fully saturated rings. The second-order valence-corrected chi connectivity index (χ2v) is 5.48. The molecule has 1 aliphatic rings. The molecule has 2 aromatic rings. The van der Waals surface area contributed by atoms with Crippen LogP contribution in [0.5, 0.6) is 0 Å². The van der Waals surface area contributed by atoms with Crippen molar-refractivity contribution in [2.45, 2.75) is 31.7 Å². The molecular weight excluding hydrogens is 286 g/mol. The monoisotopic (exact) mass is 305 g/mol. The standard InChI is InChI=1S/C16H19N3O.ClH/c17-16(20)12-5-8-13(9-6-12)18-15-10-7-11-3-1-2-4-14(11)19-15;/h1-4,7,10,12-13H,5-6,8-9H2,(H2,17,20)(H,18,19);1H/t12-,13+;. The van der Waals surface area contributed by atoms with Gasteiger partial charge in [-0.2, -0.15) is 0 Å². The van der Waals surface area contributed by atoms with Crippen LogP contribution in [0.1, 0.15) is 25.7 Å². The lowest BCUT2D eigenvalue weighted by atomic mass is 9.85. The fourth-order valence-corrected chi connectivity index (χ4v) is 2.88. The number of anilines is 1. The first-order chi connectivity index (χ1) is 9.72. The number of nitrogens with zero attached hydrogens (tertiary/aromatic N) is 1. The van der Waals surface area contributed by atoms with E-state index in [0.717, 1.165) is 42.4 Å². The molecule has 1 heterocycles. The van der Waals surface area contributed by atoms with Crippen LogP contribution in [0.2, 0.25) is 0 Å². The second-order valence-electron chi connectivity index (χ2n) is 5.48. The molecule has 0 atom stereocenters. The summed E-state index contributed by atoms with van der Waals surface area (Å²) >= 11 is 0. The van der Waals surface area contributed by atoms with Gasteiger partial charge in [0.2, 0.25) is 5.91 Å².